The molecule has 2 aliphatic rings. The summed E-state index contributed by atoms with van der Waals surface area (Å²) in [5, 5.41) is 15.4. The van der Waals surface area contributed by atoms with Gasteiger partial charge < -0.3 is 10.0 Å². The van der Waals surface area contributed by atoms with Gasteiger partial charge in [-0.15, -0.1) is 0 Å². The van der Waals surface area contributed by atoms with Crippen LogP contribution in [0.5, 0.6) is 0 Å². The number of carboxylic acids is 1. The number of aromatic nitrogens is 2. The first-order chi connectivity index (χ1) is 9.13. The van der Waals surface area contributed by atoms with E-state index in [1.54, 1.807) is 6.07 Å². The largest absolute Gasteiger partial charge is 0.476 e. The smallest absolute Gasteiger partial charge is 0.356 e. The van der Waals surface area contributed by atoms with Gasteiger partial charge in [0.05, 0.1) is 0 Å². The molecule has 0 bridgehead atoms. The monoisotopic (exact) mass is 263 g/mol. The molecule has 1 atom stereocenters. The van der Waals surface area contributed by atoms with Crippen LogP contribution in [0.15, 0.2) is 6.07 Å². The molecule has 6 nitrogen and oxygen atoms in total. The number of hydrogen-bond donors (Lipinski definition) is 2. The molecule has 1 aliphatic heterocycles. The number of rotatable bonds is 4. The molecule has 1 aromatic rings. The van der Waals surface area contributed by atoms with Gasteiger partial charge in [0.2, 0.25) is 5.91 Å². The van der Waals surface area contributed by atoms with E-state index in [1.165, 1.54) is 12.8 Å². The third-order valence-electron chi connectivity index (χ3n) is 3.96. The second kappa shape index (κ2) is 4.68. The van der Waals surface area contributed by atoms with E-state index in [0.717, 1.165) is 18.7 Å². The third-order valence-corrected chi connectivity index (χ3v) is 3.96. The van der Waals surface area contributed by atoms with Gasteiger partial charge in [-0.25, -0.2) is 4.79 Å². The molecule has 0 spiro atoms. The van der Waals surface area contributed by atoms with E-state index in [9.17, 15) is 9.59 Å². The number of aromatic amines is 1. The number of nitrogens with zero attached hydrogens (tertiary/aromatic N) is 2. The van der Waals surface area contributed by atoms with E-state index in [4.69, 9.17) is 5.11 Å². The Morgan fingerprint density at radius 2 is 2.21 bits per heavy atom. The van der Waals surface area contributed by atoms with E-state index in [2.05, 4.69) is 10.2 Å². The zero-order valence-corrected chi connectivity index (χ0v) is 10.6. The highest BCUT2D eigenvalue weighted by molar-refractivity contribution is 5.85. The van der Waals surface area contributed by atoms with Crippen molar-refractivity contribution in [3.05, 3.63) is 17.5 Å². The molecule has 2 heterocycles. The molecular formula is C13H17N3O3. The number of hydrogen-bond acceptors (Lipinski definition) is 3. The quantitative estimate of drug-likeness (QED) is 0.855. The van der Waals surface area contributed by atoms with Crippen LogP contribution < -0.4 is 0 Å². The van der Waals surface area contributed by atoms with Gasteiger partial charge in [0.25, 0.3) is 0 Å². The van der Waals surface area contributed by atoms with Crippen molar-refractivity contribution < 1.29 is 14.7 Å². The Bertz CT molecular complexity index is 507. The van der Waals surface area contributed by atoms with Crippen LogP contribution in [0.4, 0.5) is 0 Å². The van der Waals surface area contributed by atoms with Gasteiger partial charge in [-0.05, 0) is 31.2 Å². The molecular weight excluding hydrogens is 246 g/mol. The van der Waals surface area contributed by atoms with Gasteiger partial charge in [0.1, 0.15) is 0 Å². The van der Waals surface area contributed by atoms with Crippen molar-refractivity contribution in [3.8, 4) is 0 Å². The maximum Gasteiger partial charge on any atom is 0.356 e. The topological polar surface area (TPSA) is 86.3 Å². The summed E-state index contributed by atoms with van der Waals surface area (Å²) in [5.41, 5.74) is 0.858. The van der Waals surface area contributed by atoms with Gasteiger partial charge in [-0.3, -0.25) is 9.89 Å². The fourth-order valence-electron chi connectivity index (χ4n) is 2.59. The molecule has 0 radical (unpaired) electrons. The Labute approximate surface area is 110 Å². The Hall–Kier alpha value is -1.85. The molecule has 1 aromatic heterocycles. The van der Waals surface area contributed by atoms with Crippen molar-refractivity contribution in [1.82, 2.24) is 15.1 Å². The number of nitrogens with one attached hydrogen (secondary N) is 1. The number of carbonyl (C=O) groups excluding carboxylic acids is 1. The molecule has 2 fully saturated rings. The lowest BCUT2D eigenvalue weighted by Gasteiger charge is -2.15. The van der Waals surface area contributed by atoms with Crippen LogP contribution >= 0.6 is 0 Å². The standard InChI is InChI=1S/C13H17N3O3/c17-12(5-8-1-2-8)16-4-3-9(7-16)10-6-11(13(18)19)15-14-10/h6,8-9H,1-5,7H2,(H,14,15)(H,18,19). The highest BCUT2D eigenvalue weighted by Crippen LogP contribution is 2.34. The molecule has 3 rings (SSSR count). The molecule has 1 saturated carbocycles. The number of aromatic carboxylic acids is 1. The molecule has 1 saturated heterocycles. The maximum atomic E-state index is 12.0. The Balaban J connectivity index is 1.60. The summed E-state index contributed by atoms with van der Waals surface area (Å²) >= 11 is 0. The Kier molecular flexibility index (Phi) is 3.00. The summed E-state index contributed by atoms with van der Waals surface area (Å²) in [6.45, 7) is 1.43. The van der Waals surface area contributed by atoms with E-state index >= 15 is 0 Å². The SMILES string of the molecule is O=C(O)c1cc(C2CCN(C(=O)CC3CC3)C2)[nH]n1. The molecule has 0 aromatic carbocycles. The van der Waals surface area contributed by atoms with Gasteiger partial charge in [-0.1, -0.05) is 0 Å². The molecule has 1 unspecified atom stereocenters. The van der Waals surface area contributed by atoms with Crippen LogP contribution in [0, 0.1) is 5.92 Å². The molecule has 2 N–H and O–H groups in total. The Morgan fingerprint density at radius 1 is 1.42 bits per heavy atom. The van der Waals surface area contributed by atoms with Gasteiger partial charge in [-0.2, -0.15) is 5.10 Å². The average molecular weight is 263 g/mol. The fourth-order valence-corrected chi connectivity index (χ4v) is 2.59. The van der Waals surface area contributed by atoms with Gasteiger partial charge in [0.15, 0.2) is 5.69 Å². The van der Waals surface area contributed by atoms with E-state index < -0.39 is 5.97 Å². The van der Waals surface area contributed by atoms with Crippen LogP contribution in [0.1, 0.15) is 47.8 Å². The van der Waals surface area contributed by atoms with Crippen LogP contribution in [-0.2, 0) is 4.79 Å². The highest BCUT2D eigenvalue weighted by Gasteiger charge is 2.32. The number of carboxylic acid groups (broad SMARTS) is 1. The minimum absolute atomic E-state index is 0.0396. The first kappa shape index (κ1) is 12.2. The normalized spacial score (nSPS) is 22.7. The zero-order valence-electron chi connectivity index (χ0n) is 10.6. The summed E-state index contributed by atoms with van der Waals surface area (Å²) in [4.78, 5) is 24.7. The zero-order chi connectivity index (χ0) is 13.4. The average Bonchev–Trinajstić information content (AvgIpc) is 2.92. The Morgan fingerprint density at radius 3 is 2.84 bits per heavy atom. The van der Waals surface area contributed by atoms with Crippen LogP contribution in [0.3, 0.4) is 0 Å². The van der Waals surface area contributed by atoms with E-state index in [-0.39, 0.29) is 17.5 Å². The van der Waals surface area contributed by atoms with Crippen molar-refractivity contribution in [1.29, 1.82) is 0 Å². The summed E-state index contributed by atoms with van der Waals surface area (Å²) in [6.07, 6.45) is 3.92. The molecule has 102 valence electrons. The van der Waals surface area contributed by atoms with Crippen molar-refractivity contribution in [2.75, 3.05) is 13.1 Å². The predicted molar refractivity (Wildman–Crippen MR) is 66.8 cm³/mol. The van der Waals surface area contributed by atoms with E-state index in [0.29, 0.717) is 18.9 Å². The molecule has 19 heavy (non-hydrogen) atoms. The van der Waals surface area contributed by atoms with E-state index in [1.807, 2.05) is 4.90 Å². The first-order valence-corrected chi connectivity index (χ1v) is 6.70. The van der Waals surface area contributed by atoms with Crippen LogP contribution in [0.2, 0.25) is 0 Å². The molecule has 6 heteroatoms. The minimum Gasteiger partial charge on any atom is -0.476 e. The maximum absolute atomic E-state index is 12.0. The second-order valence-corrected chi connectivity index (χ2v) is 5.49. The predicted octanol–water partition coefficient (Wildman–Crippen LogP) is 1.22. The summed E-state index contributed by atoms with van der Waals surface area (Å²) < 4.78 is 0. The number of likely N-dealkylation sites (tertiary alicyclic amines) is 1. The fraction of sp³-hybridized carbons (Fsp3) is 0.615. The second-order valence-electron chi connectivity index (χ2n) is 5.49. The summed E-state index contributed by atoms with van der Waals surface area (Å²) in [7, 11) is 0. The lowest BCUT2D eigenvalue weighted by molar-refractivity contribution is -0.130. The summed E-state index contributed by atoms with van der Waals surface area (Å²) in [5.74, 6) is 0.00575. The van der Waals surface area contributed by atoms with Crippen LogP contribution in [0.25, 0.3) is 0 Å². The van der Waals surface area contributed by atoms with Crippen molar-refractivity contribution in [2.24, 2.45) is 5.92 Å². The highest BCUT2D eigenvalue weighted by atomic mass is 16.4. The van der Waals surface area contributed by atoms with Gasteiger partial charge in [0, 0.05) is 31.1 Å². The molecule has 1 aliphatic carbocycles. The van der Waals surface area contributed by atoms with Gasteiger partial charge >= 0.3 is 5.97 Å². The van der Waals surface area contributed by atoms with Crippen molar-refractivity contribution in [2.45, 2.75) is 31.6 Å². The number of amides is 1. The third kappa shape index (κ3) is 2.62. The summed E-state index contributed by atoms with van der Waals surface area (Å²) in [6, 6.07) is 1.57. The minimum atomic E-state index is -1.03. The lowest BCUT2D eigenvalue weighted by Crippen LogP contribution is -2.28. The van der Waals surface area contributed by atoms with Crippen LogP contribution in [-0.4, -0.2) is 45.2 Å². The van der Waals surface area contributed by atoms with Crippen molar-refractivity contribution in [3.63, 3.8) is 0 Å². The number of H-pyrrole nitrogens is 1. The molecule has 1 amide bonds. The first-order valence-electron chi connectivity index (χ1n) is 6.70. The van der Waals surface area contributed by atoms with Crippen molar-refractivity contribution >= 4 is 11.9 Å². The number of carbonyl (C=O) groups is 2. The lowest BCUT2D eigenvalue weighted by atomic mass is 10.1.